The lowest BCUT2D eigenvalue weighted by atomic mass is 9.99. The van der Waals surface area contributed by atoms with Crippen LogP contribution < -0.4 is 70.4 Å². The zero-order valence-corrected chi connectivity index (χ0v) is 53.0. The molecular weight excluding hydrogens is 1210 g/mol. The Morgan fingerprint density at radius 2 is 0.798 bits per heavy atom. The SMILES string of the molecule is CC(C)C[C@@H]1NC(=O)[C@H](CCCN)NC(=O)[C@H](C(C)C)NC(=O)[C@H](Cc2ccc(O)cc2)NC(=O)[C@H](CCC(N)=O)NC(=O)[C@H](CC(N)=O)NC(=O)[C@@H](Cc2ccccc2)NC(=O)[C@H](Cc2ccccc2)NC(=O)c2ccccc2NC(=O)[C@@H](Cc2ccccc2)NC1=O. The Hall–Kier alpha value is -10.5. The van der Waals surface area contributed by atoms with Crippen molar-refractivity contribution >= 4 is 76.6 Å². The van der Waals surface area contributed by atoms with Gasteiger partial charge in [0.15, 0.2) is 0 Å². The summed E-state index contributed by atoms with van der Waals surface area (Å²) >= 11 is 0. The van der Waals surface area contributed by atoms with Gasteiger partial charge in [0, 0.05) is 32.1 Å². The molecule has 0 bridgehead atoms. The summed E-state index contributed by atoms with van der Waals surface area (Å²) in [5.41, 5.74) is 19.1. The maximum atomic E-state index is 14.9. The number of amides is 12. The van der Waals surface area contributed by atoms with Gasteiger partial charge in [-0.25, -0.2) is 0 Å². The first-order valence-electron chi connectivity index (χ1n) is 31.2. The van der Waals surface area contributed by atoms with Gasteiger partial charge in [-0.1, -0.05) is 143 Å². The molecule has 0 saturated carbocycles. The number of rotatable bonds is 19. The second-order valence-corrected chi connectivity index (χ2v) is 23.9. The number of carbonyl (C=O) groups excluding carboxylic acids is 12. The summed E-state index contributed by atoms with van der Waals surface area (Å²) in [5.74, 6) is -12.2. The Labute approximate surface area is 545 Å². The second kappa shape index (κ2) is 35.9. The molecule has 1 aliphatic heterocycles. The van der Waals surface area contributed by atoms with Crippen LogP contribution in [0.1, 0.15) is 98.8 Å². The molecule has 0 unspecified atom stereocenters. The van der Waals surface area contributed by atoms with Gasteiger partial charge in [0.1, 0.15) is 60.1 Å². The van der Waals surface area contributed by atoms with Crippen molar-refractivity contribution in [3.63, 3.8) is 0 Å². The highest BCUT2D eigenvalue weighted by Crippen LogP contribution is 2.20. The van der Waals surface area contributed by atoms with E-state index in [1.54, 1.807) is 111 Å². The molecule has 0 fully saturated rings. The first kappa shape index (κ1) is 72.6. The molecule has 0 spiro atoms. The molecule has 500 valence electrons. The summed E-state index contributed by atoms with van der Waals surface area (Å²) < 4.78 is 0. The van der Waals surface area contributed by atoms with Crippen molar-refractivity contribution in [2.75, 3.05) is 11.9 Å². The standard InChI is InChI=1S/C68H85N13O13/c1-39(2)33-50-62(88)78-52(35-42-19-10-6-11-20-42)63(89)72-47-24-15-14-23-46(47)59(85)75-51(34-41-17-8-5-9-18-41)64(90)79-53(36-43-21-12-7-13-22-43)65(91)80-55(38-57(71)84)66(92)73-49(30-31-56(70)83)61(87)77-54(37-44-26-28-45(82)29-27-44)67(93)81-58(40(3)4)68(94)74-48(25-16-32-69)60(86)76-50/h5-15,17-24,26-29,39-40,48-55,58,82H,16,25,30-38,69H2,1-4H3,(H2,70,83)(H2,71,84)(H,72,89)(H,73,92)(H,74,94)(H,75,85)(H,76,86)(H,77,87)(H,78,88)(H,79,90)(H,80,91)(H,81,93)/t48-,49-,50-,51-,52+,53+,54-,55-,58-/m0/s1. The summed E-state index contributed by atoms with van der Waals surface area (Å²) in [6.45, 7) is 6.92. The van der Waals surface area contributed by atoms with E-state index in [2.05, 4.69) is 53.2 Å². The van der Waals surface area contributed by atoms with Crippen LogP contribution in [-0.2, 0) is 78.4 Å². The molecule has 17 N–H and O–H groups in total. The lowest BCUT2D eigenvalue weighted by molar-refractivity contribution is -0.137. The zero-order valence-electron chi connectivity index (χ0n) is 53.0. The van der Waals surface area contributed by atoms with E-state index < -0.39 is 150 Å². The van der Waals surface area contributed by atoms with Gasteiger partial charge in [-0.3, -0.25) is 57.5 Å². The fourth-order valence-corrected chi connectivity index (χ4v) is 10.4. The van der Waals surface area contributed by atoms with E-state index in [-0.39, 0.29) is 74.4 Å². The second-order valence-electron chi connectivity index (χ2n) is 23.9. The average Bonchev–Trinajstić information content (AvgIpc) is 0.879. The summed E-state index contributed by atoms with van der Waals surface area (Å²) in [5, 5.41) is 36.9. The number of primary amides is 2. The van der Waals surface area contributed by atoms with Gasteiger partial charge in [0.25, 0.3) is 5.91 Å². The van der Waals surface area contributed by atoms with Crippen molar-refractivity contribution in [1.29, 1.82) is 0 Å². The zero-order chi connectivity index (χ0) is 68.4. The van der Waals surface area contributed by atoms with Crippen molar-refractivity contribution in [3.05, 3.63) is 167 Å². The van der Waals surface area contributed by atoms with Crippen molar-refractivity contribution < 1.29 is 62.6 Å². The lowest BCUT2D eigenvalue weighted by Gasteiger charge is -2.29. The molecule has 0 radical (unpaired) electrons. The predicted molar refractivity (Wildman–Crippen MR) is 349 cm³/mol. The van der Waals surface area contributed by atoms with Gasteiger partial charge >= 0.3 is 0 Å². The van der Waals surface area contributed by atoms with Crippen LogP contribution in [0.3, 0.4) is 0 Å². The Morgan fingerprint density at radius 1 is 0.415 bits per heavy atom. The van der Waals surface area contributed by atoms with E-state index in [0.717, 1.165) is 0 Å². The van der Waals surface area contributed by atoms with E-state index in [1.807, 2.05) is 13.8 Å². The first-order chi connectivity index (χ1) is 44.9. The minimum Gasteiger partial charge on any atom is -0.508 e. The molecule has 1 aliphatic rings. The van der Waals surface area contributed by atoms with Gasteiger partial charge in [0.2, 0.25) is 65.0 Å². The third-order valence-corrected chi connectivity index (χ3v) is 15.4. The fraction of sp³-hybridized carbons (Fsp3) is 0.382. The number of carbonyl (C=O) groups is 12. The number of benzene rings is 5. The number of aromatic hydroxyl groups is 1. The molecule has 6 rings (SSSR count). The Balaban J connectivity index is 1.48. The average molecular weight is 1290 g/mol. The topological polar surface area (TPSA) is 423 Å². The smallest absolute Gasteiger partial charge is 0.254 e. The van der Waals surface area contributed by atoms with Crippen LogP contribution in [0, 0.1) is 11.8 Å². The number of fused-ring (bicyclic) bond motifs is 1. The van der Waals surface area contributed by atoms with Crippen molar-refractivity contribution in [1.82, 2.24) is 47.9 Å². The number of phenolic OH excluding ortho intramolecular Hbond substituents is 1. The molecule has 0 aromatic heterocycles. The van der Waals surface area contributed by atoms with Crippen LogP contribution in [0.2, 0.25) is 0 Å². The van der Waals surface area contributed by atoms with Gasteiger partial charge in [-0.05, 0) is 90.6 Å². The quantitative estimate of drug-likeness (QED) is 0.0546. The summed E-state index contributed by atoms with van der Waals surface area (Å²) in [7, 11) is 0. The van der Waals surface area contributed by atoms with E-state index in [0.29, 0.717) is 22.3 Å². The maximum absolute atomic E-state index is 14.9. The number of nitrogens with one attached hydrogen (secondary N) is 10. The number of hydrogen-bond donors (Lipinski definition) is 14. The summed E-state index contributed by atoms with van der Waals surface area (Å²) in [4.78, 5) is 172. The molecule has 9 atom stereocenters. The van der Waals surface area contributed by atoms with Crippen LogP contribution in [-0.4, -0.2) is 137 Å². The normalized spacial score (nSPS) is 22.0. The minimum atomic E-state index is -1.86. The van der Waals surface area contributed by atoms with Gasteiger partial charge in [-0.15, -0.1) is 0 Å². The highest BCUT2D eigenvalue weighted by atomic mass is 16.3. The fourth-order valence-electron chi connectivity index (χ4n) is 10.4. The molecule has 12 amide bonds. The van der Waals surface area contributed by atoms with Crippen LogP contribution in [0.4, 0.5) is 5.69 Å². The van der Waals surface area contributed by atoms with Gasteiger partial charge < -0.3 is 75.5 Å². The van der Waals surface area contributed by atoms with Crippen molar-refractivity contribution in [2.24, 2.45) is 29.0 Å². The Kier molecular flexibility index (Phi) is 27.7. The maximum Gasteiger partial charge on any atom is 0.254 e. The first-order valence-corrected chi connectivity index (χ1v) is 31.2. The van der Waals surface area contributed by atoms with Gasteiger partial charge in [-0.2, -0.15) is 0 Å². The highest BCUT2D eigenvalue weighted by Gasteiger charge is 2.38. The number of nitrogens with two attached hydrogens (primary N) is 3. The molecule has 0 aliphatic carbocycles. The van der Waals surface area contributed by atoms with Crippen molar-refractivity contribution in [3.8, 4) is 5.75 Å². The number of hydrogen-bond acceptors (Lipinski definition) is 14. The highest BCUT2D eigenvalue weighted by molar-refractivity contribution is 6.07. The van der Waals surface area contributed by atoms with E-state index >= 15 is 0 Å². The Bertz CT molecular complexity index is 3450. The molecule has 94 heavy (non-hydrogen) atoms. The lowest BCUT2D eigenvalue weighted by Crippen LogP contribution is -2.61. The number of para-hydroxylation sites is 1. The van der Waals surface area contributed by atoms with Gasteiger partial charge in [0.05, 0.1) is 17.7 Å². The third-order valence-electron chi connectivity index (χ3n) is 15.4. The number of phenols is 1. The molecule has 26 heteroatoms. The predicted octanol–water partition coefficient (Wildman–Crippen LogP) is 0.874. The molecule has 5 aromatic carbocycles. The minimum absolute atomic E-state index is 0.0322. The van der Waals surface area contributed by atoms with E-state index in [1.165, 1.54) is 42.5 Å². The molecule has 0 saturated heterocycles. The Morgan fingerprint density at radius 3 is 1.28 bits per heavy atom. The summed E-state index contributed by atoms with van der Waals surface area (Å²) in [6, 6.07) is 23.6. The molecule has 26 nitrogen and oxygen atoms in total. The molecule has 5 aromatic rings. The van der Waals surface area contributed by atoms with Crippen LogP contribution in [0.5, 0.6) is 5.75 Å². The van der Waals surface area contributed by atoms with Crippen LogP contribution in [0.15, 0.2) is 140 Å². The van der Waals surface area contributed by atoms with E-state index in [4.69, 9.17) is 17.2 Å². The van der Waals surface area contributed by atoms with E-state index in [9.17, 15) is 62.6 Å². The monoisotopic (exact) mass is 1290 g/mol. The van der Waals surface area contributed by atoms with Crippen LogP contribution >= 0.6 is 0 Å². The molecule has 1 heterocycles. The van der Waals surface area contributed by atoms with Crippen molar-refractivity contribution in [2.45, 2.75) is 146 Å². The number of anilines is 1. The largest absolute Gasteiger partial charge is 0.508 e. The van der Waals surface area contributed by atoms with Crippen LogP contribution in [0.25, 0.3) is 0 Å². The molecular formula is C68H85N13O13. The summed E-state index contributed by atoms with van der Waals surface area (Å²) in [6.07, 6.45) is -2.41. The third kappa shape index (κ3) is 23.0.